The number of nitrogens with two attached hydrogens (primary N) is 1. The molecule has 124 valence electrons. The first-order valence-electron chi connectivity index (χ1n) is 6.94. The third-order valence-corrected chi connectivity index (χ3v) is 4.64. The van der Waals surface area contributed by atoms with E-state index in [4.69, 9.17) is 26.5 Å². The summed E-state index contributed by atoms with van der Waals surface area (Å²) in [5.74, 6) is 0.0106. The third kappa shape index (κ3) is 4.65. The predicted octanol–water partition coefficient (Wildman–Crippen LogP) is 2.22. The molecular formula is C14H20ClNO5S. The van der Waals surface area contributed by atoms with Crippen molar-refractivity contribution in [2.24, 2.45) is 11.1 Å². The minimum Gasteiger partial charge on any atom is -0.258 e. The van der Waals surface area contributed by atoms with Crippen LogP contribution in [0, 0.1) is 5.92 Å². The highest BCUT2D eigenvalue weighted by Crippen LogP contribution is 2.38. The van der Waals surface area contributed by atoms with Crippen LogP contribution in [-0.4, -0.2) is 26.7 Å². The molecule has 2 N–H and O–H groups in total. The van der Waals surface area contributed by atoms with Crippen LogP contribution in [0.2, 0.25) is 5.02 Å². The van der Waals surface area contributed by atoms with Gasteiger partial charge in [0, 0.05) is 17.4 Å². The van der Waals surface area contributed by atoms with Gasteiger partial charge in [0.25, 0.3) is 0 Å². The van der Waals surface area contributed by atoms with E-state index < -0.39 is 15.9 Å². The first-order valence-corrected chi connectivity index (χ1v) is 8.79. The van der Waals surface area contributed by atoms with Crippen molar-refractivity contribution in [1.82, 2.24) is 0 Å². The second-order valence-corrected chi connectivity index (χ2v) is 7.46. The lowest BCUT2D eigenvalue weighted by atomic mass is 9.81. The fraction of sp³-hybridized carbons (Fsp3) is 0.571. The molecule has 0 amide bonds. The van der Waals surface area contributed by atoms with Crippen molar-refractivity contribution in [1.29, 1.82) is 0 Å². The van der Waals surface area contributed by atoms with Crippen LogP contribution in [0.5, 0.6) is 0 Å². The zero-order valence-electron chi connectivity index (χ0n) is 12.5. The Hall–Kier alpha value is -0.700. The van der Waals surface area contributed by atoms with Crippen molar-refractivity contribution in [3.8, 4) is 0 Å². The number of hydrogen-bond acceptors (Lipinski definition) is 5. The first-order chi connectivity index (χ1) is 10.2. The van der Waals surface area contributed by atoms with E-state index in [0.29, 0.717) is 17.9 Å². The summed E-state index contributed by atoms with van der Waals surface area (Å²) < 4.78 is 26.2. The highest BCUT2D eigenvalue weighted by Gasteiger charge is 2.45. The van der Waals surface area contributed by atoms with Crippen LogP contribution < -0.4 is 5.14 Å². The van der Waals surface area contributed by atoms with Gasteiger partial charge in [-0.3, -0.25) is 4.18 Å². The number of rotatable bonds is 6. The van der Waals surface area contributed by atoms with Gasteiger partial charge in [-0.1, -0.05) is 29.8 Å². The van der Waals surface area contributed by atoms with Crippen LogP contribution in [0.3, 0.4) is 0 Å². The van der Waals surface area contributed by atoms with Gasteiger partial charge in [0.2, 0.25) is 0 Å². The number of benzene rings is 1. The van der Waals surface area contributed by atoms with E-state index in [9.17, 15) is 8.42 Å². The van der Waals surface area contributed by atoms with Gasteiger partial charge in [0.15, 0.2) is 0 Å². The van der Waals surface area contributed by atoms with E-state index in [2.05, 4.69) is 4.18 Å². The Morgan fingerprint density at radius 1 is 1.36 bits per heavy atom. The maximum Gasteiger partial charge on any atom is 0.333 e. The normalized spacial score (nSPS) is 24.5. The van der Waals surface area contributed by atoms with Crippen molar-refractivity contribution in [3.05, 3.63) is 34.9 Å². The highest BCUT2D eigenvalue weighted by atomic mass is 35.5. The molecule has 2 atom stereocenters. The molecule has 1 aliphatic rings. The number of halogens is 1. The standard InChI is InChI=1S/C14H20ClNO5S/c1-14(2)11(9-10-5-3-4-6-12(10)15)13(20-21-14)7-8-19-22(16,17)18/h3-6,11,13H,7-9H2,1-2H3,(H2,16,17,18). The Morgan fingerprint density at radius 3 is 2.68 bits per heavy atom. The SMILES string of the molecule is CC1(C)OOC(CCOS(N)(=O)=O)C1Cc1ccccc1Cl. The van der Waals surface area contributed by atoms with E-state index in [1.165, 1.54) is 0 Å². The van der Waals surface area contributed by atoms with Crippen LogP contribution in [-0.2, 0) is 30.7 Å². The molecule has 1 aliphatic heterocycles. The van der Waals surface area contributed by atoms with Gasteiger partial charge in [-0.2, -0.15) is 8.42 Å². The Morgan fingerprint density at radius 2 is 2.05 bits per heavy atom. The lowest BCUT2D eigenvalue weighted by molar-refractivity contribution is -0.319. The Bertz CT molecular complexity index is 619. The minimum absolute atomic E-state index is 0.0106. The first kappa shape index (κ1) is 17.7. The minimum atomic E-state index is -3.95. The molecule has 1 heterocycles. The van der Waals surface area contributed by atoms with Crippen LogP contribution >= 0.6 is 11.6 Å². The Labute approximate surface area is 135 Å². The molecule has 0 saturated carbocycles. The van der Waals surface area contributed by atoms with Crippen molar-refractivity contribution >= 4 is 21.9 Å². The smallest absolute Gasteiger partial charge is 0.258 e. The molecule has 8 heteroatoms. The molecule has 22 heavy (non-hydrogen) atoms. The van der Waals surface area contributed by atoms with Gasteiger partial charge in [0.05, 0.1) is 6.61 Å². The quantitative estimate of drug-likeness (QED) is 0.795. The molecule has 0 aliphatic carbocycles. The second-order valence-electron chi connectivity index (χ2n) is 5.83. The highest BCUT2D eigenvalue weighted by molar-refractivity contribution is 7.84. The van der Waals surface area contributed by atoms with Crippen molar-refractivity contribution in [2.75, 3.05) is 6.61 Å². The molecule has 2 rings (SSSR count). The molecule has 0 bridgehead atoms. The zero-order valence-corrected chi connectivity index (χ0v) is 14.1. The van der Waals surface area contributed by atoms with Crippen LogP contribution in [0.4, 0.5) is 0 Å². The second kappa shape index (κ2) is 6.82. The zero-order chi connectivity index (χ0) is 16.4. The Kier molecular flexibility index (Phi) is 5.47. The molecular weight excluding hydrogens is 330 g/mol. The van der Waals surface area contributed by atoms with Crippen LogP contribution in [0.15, 0.2) is 24.3 Å². The van der Waals surface area contributed by atoms with Crippen molar-refractivity contribution in [3.63, 3.8) is 0 Å². The van der Waals surface area contributed by atoms with Gasteiger partial charge < -0.3 is 0 Å². The summed E-state index contributed by atoms with van der Waals surface area (Å²) >= 11 is 6.21. The Balaban J connectivity index is 2.05. The molecule has 1 aromatic rings. The van der Waals surface area contributed by atoms with Crippen LogP contribution in [0.1, 0.15) is 25.8 Å². The maximum atomic E-state index is 10.8. The predicted molar refractivity (Wildman–Crippen MR) is 82.4 cm³/mol. The fourth-order valence-corrected chi connectivity index (χ4v) is 3.11. The molecule has 0 spiro atoms. The average molecular weight is 350 g/mol. The van der Waals surface area contributed by atoms with Gasteiger partial charge in [-0.25, -0.2) is 14.9 Å². The summed E-state index contributed by atoms with van der Waals surface area (Å²) in [6.45, 7) is 3.80. The average Bonchev–Trinajstić information content (AvgIpc) is 2.67. The van der Waals surface area contributed by atoms with Gasteiger partial charge in [-0.05, 0) is 31.9 Å². The maximum absolute atomic E-state index is 10.8. The van der Waals surface area contributed by atoms with Gasteiger partial charge in [-0.15, -0.1) is 0 Å². The van der Waals surface area contributed by atoms with Crippen molar-refractivity contribution in [2.45, 2.75) is 38.4 Å². The summed E-state index contributed by atoms with van der Waals surface area (Å²) in [5.41, 5.74) is 0.486. The molecule has 6 nitrogen and oxygen atoms in total. The molecule has 1 saturated heterocycles. The summed E-state index contributed by atoms with van der Waals surface area (Å²) in [4.78, 5) is 10.7. The molecule has 2 unspecified atom stereocenters. The third-order valence-electron chi connectivity index (χ3n) is 3.78. The van der Waals surface area contributed by atoms with E-state index in [0.717, 1.165) is 5.56 Å². The largest absolute Gasteiger partial charge is 0.333 e. The molecule has 0 radical (unpaired) electrons. The molecule has 0 aromatic heterocycles. The summed E-state index contributed by atoms with van der Waals surface area (Å²) in [5, 5.41) is 5.50. The lowest BCUT2D eigenvalue weighted by Gasteiger charge is -2.25. The van der Waals surface area contributed by atoms with Gasteiger partial charge in [0.1, 0.15) is 11.7 Å². The lowest BCUT2D eigenvalue weighted by Crippen LogP contribution is -2.34. The van der Waals surface area contributed by atoms with Crippen molar-refractivity contribution < 1.29 is 22.4 Å². The molecule has 1 aromatic carbocycles. The fourth-order valence-electron chi connectivity index (χ4n) is 2.57. The molecule has 1 fully saturated rings. The van der Waals surface area contributed by atoms with Crippen LogP contribution in [0.25, 0.3) is 0 Å². The van der Waals surface area contributed by atoms with E-state index in [1.807, 2.05) is 38.1 Å². The van der Waals surface area contributed by atoms with Gasteiger partial charge >= 0.3 is 10.3 Å². The number of hydrogen-bond donors (Lipinski definition) is 1. The summed E-state index contributed by atoms with van der Waals surface area (Å²) in [6, 6.07) is 7.58. The summed E-state index contributed by atoms with van der Waals surface area (Å²) in [6.07, 6.45) is 0.717. The monoisotopic (exact) mass is 349 g/mol. The topological polar surface area (TPSA) is 87.8 Å². The summed E-state index contributed by atoms with van der Waals surface area (Å²) in [7, 11) is -3.95. The van der Waals surface area contributed by atoms with E-state index in [1.54, 1.807) is 0 Å². The van der Waals surface area contributed by atoms with E-state index in [-0.39, 0.29) is 18.6 Å². The van der Waals surface area contributed by atoms with E-state index >= 15 is 0 Å².